The highest BCUT2D eigenvalue weighted by molar-refractivity contribution is 7.99. The van der Waals surface area contributed by atoms with Gasteiger partial charge in [0, 0.05) is 29.9 Å². The number of rotatable bonds is 10. The fourth-order valence-electron chi connectivity index (χ4n) is 3.09. The SMILES string of the molecule is CC(=O)NCCc1ccc(C(=O)CSc2nc3cc(Cl)ccc3c(=O)n2CCC(C)C)s1. The van der Waals surface area contributed by atoms with Crippen LogP contribution in [0.1, 0.15) is 41.7 Å². The standard InChI is InChI=1S/C23H26ClN3O3S2/c1-14(2)9-11-27-22(30)18-6-4-16(24)12-19(18)26-23(27)31-13-20(29)21-7-5-17(32-21)8-10-25-15(3)28/h4-7,12,14H,8-11,13H2,1-3H3,(H,25,28). The first kappa shape index (κ1) is 24.5. The van der Waals surface area contributed by atoms with E-state index in [1.54, 1.807) is 22.8 Å². The normalized spacial score (nSPS) is 11.3. The van der Waals surface area contributed by atoms with E-state index in [0.29, 0.717) is 51.4 Å². The number of nitrogens with zero attached hydrogens (tertiary/aromatic N) is 2. The van der Waals surface area contributed by atoms with Crippen LogP contribution in [0.5, 0.6) is 0 Å². The highest BCUT2D eigenvalue weighted by Crippen LogP contribution is 2.24. The van der Waals surface area contributed by atoms with Crippen LogP contribution in [0.2, 0.25) is 5.02 Å². The third-order valence-electron chi connectivity index (χ3n) is 4.83. The van der Waals surface area contributed by atoms with Gasteiger partial charge in [-0.2, -0.15) is 0 Å². The van der Waals surface area contributed by atoms with E-state index in [1.165, 1.54) is 30.0 Å². The maximum Gasteiger partial charge on any atom is 0.262 e. The van der Waals surface area contributed by atoms with Crippen molar-refractivity contribution >= 4 is 57.3 Å². The number of halogens is 1. The molecule has 0 aliphatic heterocycles. The Morgan fingerprint density at radius 2 is 2.03 bits per heavy atom. The minimum absolute atomic E-state index is 0.0124. The van der Waals surface area contributed by atoms with Crippen LogP contribution in [-0.2, 0) is 17.8 Å². The molecule has 0 spiro atoms. The summed E-state index contributed by atoms with van der Waals surface area (Å²) in [5, 5.41) is 4.33. The highest BCUT2D eigenvalue weighted by Gasteiger charge is 2.16. The Balaban J connectivity index is 1.77. The smallest absolute Gasteiger partial charge is 0.262 e. The molecule has 0 bridgehead atoms. The zero-order valence-corrected chi connectivity index (χ0v) is 20.7. The molecule has 0 aliphatic carbocycles. The summed E-state index contributed by atoms with van der Waals surface area (Å²) in [4.78, 5) is 43.2. The summed E-state index contributed by atoms with van der Waals surface area (Å²) in [6.45, 7) is 6.79. The van der Waals surface area contributed by atoms with E-state index in [1.807, 2.05) is 12.1 Å². The van der Waals surface area contributed by atoms with Crippen molar-refractivity contribution < 1.29 is 9.59 Å². The van der Waals surface area contributed by atoms with E-state index in [-0.39, 0.29) is 23.0 Å². The predicted octanol–water partition coefficient (Wildman–Crippen LogP) is 4.81. The molecule has 0 saturated heterocycles. The Morgan fingerprint density at radius 1 is 1.25 bits per heavy atom. The first-order valence-corrected chi connectivity index (χ1v) is 12.6. The maximum absolute atomic E-state index is 13.1. The highest BCUT2D eigenvalue weighted by atomic mass is 35.5. The molecule has 3 aromatic rings. The van der Waals surface area contributed by atoms with Gasteiger partial charge in [-0.05, 0) is 49.1 Å². The van der Waals surface area contributed by atoms with Crippen molar-refractivity contribution in [2.75, 3.05) is 12.3 Å². The first-order valence-electron chi connectivity index (χ1n) is 10.4. The second-order valence-corrected chi connectivity index (χ2v) is 10.5. The topological polar surface area (TPSA) is 81.1 Å². The van der Waals surface area contributed by atoms with Crippen LogP contribution in [0.15, 0.2) is 40.3 Å². The van der Waals surface area contributed by atoms with E-state index >= 15 is 0 Å². The van der Waals surface area contributed by atoms with Gasteiger partial charge in [-0.3, -0.25) is 19.0 Å². The number of ketones is 1. The van der Waals surface area contributed by atoms with Gasteiger partial charge >= 0.3 is 0 Å². The van der Waals surface area contributed by atoms with Crippen LogP contribution in [0.25, 0.3) is 10.9 Å². The number of fused-ring (bicyclic) bond motifs is 1. The fraction of sp³-hybridized carbons (Fsp3) is 0.391. The van der Waals surface area contributed by atoms with Crippen molar-refractivity contribution in [3.63, 3.8) is 0 Å². The molecule has 0 saturated carbocycles. The zero-order valence-electron chi connectivity index (χ0n) is 18.3. The van der Waals surface area contributed by atoms with Gasteiger partial charge in [0.15, 0.2) is 10.9 Å². The molecule has 9 heteroatoms. The number of thiophene rings is 1. The van der Waals surface area contributed by atoms with Crippen molar-refractivity contribution in [2.45, 2.75) is 45.3 Å². The lowest BCUT2D eigenvalue weighted by atomic mass is 10.1. The summed E-state index contributed by atoms with van der Waals surface area (Å²) in [7, 11) is 0. The second kappa shape index (κ2) is 11.1. The largest absolute Gasteiger partial charge is 0.356 e. The van der Waals surface area contributed by atoms with Crippen LogP contribution in [0.4, 0.5) is 0 Å². The quantitative estimate of drug-likeness (QED) is 0.250. The second-order valence-electron chi connectivity index (χ2n) is 7.91. The van der Waals surface area contributed by atoms with E-state index in [4.69, 9.17) is 11.6 Å². The van der Waals surface area contributed by atoms with Crippen LogP contribution < -0.4 is 10.9 Å². The molecule has 1 aromatic carbocycles. The molecule has 1 N–H and O–H groups in total. The lowest BCUT2D eigenvalue weighted by Crippen LogP contribution is -2.24. The molecule has 0 atom stereocenters. The molecule has 32 heavy (non-hydrogen) atoms. The zero-order chi connectivity index (χ0) is 23.3. The van der Waals surface area contributed by atoms with Crippen LogP contribution in [0.3, 0.4) is 0 Å². The summed E-state index contributed by atoms with van der Waals surface area (Å²) >= 11 is 8.81. The molecule has 0 unspecified atom stereocenters. The molecule has 1 amide bonds. The van der Waals surface area contributed by atoms with Gasteiger partial charge < -0.3 is 5.32 Å². The number of hydrogen-bond donors (Lipinski definition) is 1. The Hall–Kier alpha value is -2.16. The van der Waals surface area contributed by atoms with Gasteiger partial charge in [-0.25, -0.2) is 4.98 Å². The van der Waals surface area contributed by atoms with Crippen LogP contribution in [0, 0.1) is 5.92 Å². The molecule has 6 nitrogen and oxygen atoms in total. The van der Waals surface area contributed by atoms with Crippen molar-refractivity contribution in [1.29, 1.82) is 0 Å². The van der Waals surface area contributed by atoms with Gasteiger partial charge in [0.2, 0.25) is 5.91 Å². The number of benzene rings is 1. The molecular formula is C23H26ClN3O3S2. The number of thioether (sulfide) groups is 1. The van der Waals surface area contributed by atoms with Gasteiger partial charge in [-0.15, -0.1) is 11.3 Å². The minimum Gasteiger partial charge on any atom is -0.356 e. The van der Waals surface area contributed by atoms with Gasteiger partial charge in [0.05, 0.1) is 21.5 Å². The monoisotopic (exact) mass is 491 g/mol. The van der Waals surface area contributed by atoms with Gasteiger partial charge in [0.1, 0.15) is 0 Å². The molecule has 0 fully saturated rings. The van der Waals surface area contributed by atoms with Crippen molar-refractivity contribution in [3.05, 3.63) is 55.5 Å². The van der Waals surface area contributed by atoms with Gasteiger partial charge in [0.25, 0.3) is 5.56 Å². The Kier molecular flexibility index (Phi) is 8.51. The minimum atomic E-state index is -0.112. The summed E-state index contributed by atoms with van der Waals surface area (Å²) in [5.74, 6) is 0.541. The fourth-order valence-corrected chi connectivity index (χ4v) is 5.20. The summed E-state index contributed by atoms with van der Waals surface area (Å²) in [5.41, 5.74) is 0.424. The molecular weight excluding hydrogens is 466 g/mol. The molecule has 2 heterocycles. The Labute approximate surface area is 200 Å². The lowest BCUT2D eigenvalue weighted by molar-refractivity contribution is -0.118. The number of amides is 1. The van der Waals surface area contributed by atoms with Crippen LogP contribution in [-0.4, -0.2) is 33.5 Å². The average molecular weight is 492 g/mol. The van der Waals surface area contributed by atoms with Crippen molar-refractivity contribution in [3.8, 4) is 0 Å². The molecule has 170 valence electrons. The number of carbonyl (C=O) groups excluding carboxylic acids is 2. The molecule has 0 aliphatic rings. The molecule has 2 aromatic heterocycles. The average Bonchev–Trinajstić information content (AvgIpc) is 3.19. The summed E-state index contributed by atoms with van der Waals surface area (Å²) < 4.78 is 1.67. The lowest BCUT2D eigenvalue weighted by Gasteiger charge is -2.14. The molecule has 0 radical (unpaired) electrons. The summed E-state index contributed by atoms with van der Waals surface area (Å²) in [6.07, 6.45) is 1.52. The predicted molar refractivity (Wildman–Crippen MR) is 132 cm³/mol. The van der Waals surface area contributed by atoms with Crippen LogP contribution >= 0.6 is 34.7 Å². The van der Waals surface area contributed by atoms with Crippen molar-refractivity contribution in [2.24, 2.45) is 5.92 Å². The van der Waals surface area contributed by atoms with Gasteiger partial charge in [-0.1, -0.05) is 37.2 Å². The Bertz CT molecular complexity index is 1190. The third-order valence-corrected chi connectivity index (χ3v) is 7.22. The first-order chi connectivity index (χ1) is 15.2. The number of Topliss-reactive ketones (excluding diaryl/α,β-unsaturated/α-hetero) is 1. The van der Waals surface area contributed by atoms with E-state index in [9.17, 15) is 14.4 Å². The number of hydrogen-bond acceptors (Lipinski definition) is 6. The van der Waals surface area contributed by atoms with E-state index < -0.39 is 0 Å². The maximum atomic E-state index is 13.1. The van der Waals surface area contributed by atoms with E-state index in [2.05, 4.69) is 24.1 Å². The molecule has 3 rings (SSSR count). The number of nitrogens with one attached hydrogen (secondary N) is 1. The number of carbonyl (C=O) groups is 2. The third kappa shape index (κ3) is 6.43. The summed E-state index contributed by atoms with van der Waals surface area (Å²) in [6, 6.07) is 8.80. The number of aromatic nitrogens is 2. The Morgan fingerprint density at radius 3 is 2.75 bits per heavy atom. The van der Waals surface area contributed by atoms with Crippen molar-refractivity contribution in [1.82, 2.24) is 14.9 Å². The van der Waals surface area contributed by atoms with E-state index in [0.717, 1.165) is 11.3 Å².